The molecule has 0 atom stereocenters. The fourth-order valence-electron chi connectivity index (χ4n) is 2.87. The molecule has 29 heavy (non-hydrogen) atoms. The minimum atomic E-state index is -0.184. The van der Waals surface area contributed by atoms with Gasteiger partial charge in [0, 0.05) is 42.6 Å². The maximum absolute atomic E-state index is 12.0. The third-order valence-corrected chi connectivity index (χ3v) is 5.85. The van der Waals surface area contributed by atoms with Crippen LogP contribution in [-0.4, -0.2) is 22.4 Å². The lowest BCUT2D eigenvalue weighted by atomic mass is 10.2. The number of hydrogen-bond acceptors (Lipinski definition) is 3. The van der Waals surface area contributed by atoms with Crippen LogP contribution < -0.4 is 5.43 Å². The average molecular weight is 467 g/mol. The summed E-state index contributed by atoms with van der Waals surface area (Å²) in [7, 11) is 0. The first-order chi connectivity index (χ1) is 13.8. The van der Waals surface area contributed by atoms with Gasteiger partial charge in [-0.05, 0) is 62.4 Å². The molecule has 0 spiro atoms. The Balaban J connectivity index is 1.65. The minimum absolute atomic E-state index is 0.184. The van der Waals surface area contributed by atoms with Gasteiger partial charge in [0.25, 0.3) is 0 Å². The third kappa shape index (κ3) is 5.80. The highest BCUT2D eigenvalue weighted by atomic mass is 35.5. The van der Waals surface area contributed by atoms with Crippen molar-refractivity contribution in [3.05, 3.63) is 80.6 Å². The zero-order chi connectivity index (χ0) is 21.0. The van der Waals surface area contributed by atoms with E-state index in [0.29, 0.717) is 15.1 Å². The van der Waals surface area contributed by atoms with E-state index in [2.05, 4.69) is 10.5 Å². The van der Waals surface area contributed by atoms with Crippen molar-refractivity contribution in [2.24, 2.45) is 5.10 Å². The lowest BCUT2D eigenvalue weighted by molar-refractivity contribution is -0.118. The molecule has 8 heteroatoms. The summed E-state index contributed by atoms with van der Waals surface area (Å²) < 4.78 is 2.04. The second-order valence-electron chi connectivity index (χ2n) is 6.33. The summed E-state index contributed by atoms with van der Waals surface area (Å²) >= 11 is 19.5. The van der Waals surface area contributed by atoms with Crippen LogP contribution in [0.15, 0.2) is 58.5 Å². The molecule has 3 rings (SSSR count). The van der Waals surface area contributed by atoms with Gasteiger partial charge in [-0.3, -0.25) is 4.79 Å². The van der Waals surface area contributed by atoms with E-state index in [-0.39, 0.29) is 11.7 Å². The molecule has 1 N–H and O–H groups in total. The van der Waals surface area contributed by atoms with E-state index in [9.17, 15) is 4.79 Å². The molecule has 0 bridgehead atoms. The number of hydrogen-bond donors (Lipinski definition) is 1. The molecule has 3 aromatic rings. The van der Waals surface area contributed by atoms with E-state index in [4.69, 9.17) is 34.8 Å². The number of nitrogens with zero attached hydrogens (tertiary/aromatic N) is 2. The van der Waals surface area contributed by atoms with Crippen molar-refractivity contribution in [1.82, 2.24) is 9.99 Å². The quantitative estimate of drug-likeness (QED) is 0.263. The number of nitrogens with one attached hydrogen (secondary N) is 1. The second-order valence-corrected chi connectivity index (χ2v) is 8.68. The summed E-state index contributed by atoms with van der Waals surface area (Å²) in [5.41, 5.74) is 6.30. The number of thioether (sulfide) groups is 1. The highest BCUT2D eigenvalue weighted by molar-refractivity contribution is 8.00. The SMILES string of the molecule is Cc1cc(/C=N\NC(=O)CSc2ccc(Cl)cc2)c(C)n1-c1cc(Cl)cc(Cl)c1. The smallest absolute Gasteiger partial charge is 0.250 e. The Hall–Kier alpha value is -1.92. The fraction of sp³-hybridized carbons (Fsp3) is 0.143. The molecular formula is C21H18Cl3N3OS. The van der Waals surface area contributed by atoms with Crippen molar-refractivity contribution in [3.8, 4) is 5.69 Å². The van der Waals surface area contributed by atoms with Gasteiger partial charge in [0.05, 0.1) is 12.0 Å². The van der Waals surface area contributed by atoms with Crippen LogP contribution >= 0.6 is 46.6 Å². The number of carbonyl (C=O) groups excluding carboxylic acids is 1. The van der Waals surface area contributed by atoms with Crippen LogP contribution in [0, 0.1) is 13.8 Å². The lowest BCUT2D eigenvalue weighted by Crippen LogP contribution is -2.19. The third-order valence-electron chi connectivity index (χ3n) is 4.15. The van der Waals surface area contributed by atoms with Crippen molar-refractivity contribution in [2.45, 2.75) is 18.7 Å². The molecule has 0 aliphatic heterocycles. The van der Waals surface area contributed by atoms with Crippen molar-refractivity contribution in [2.75, 3.05) is 5.75 Å². The predicted octanol–water partition coefficient (Wildman–Crippen LogP) is 6.30. The molecule has 150 valence electrons. The van der Waals surface area contributed by atoms with Gasteiger partial charge in [-0.15, -0.1) is 11.8 Å². The minimum Gasteiger partial charge on any atom is -0.318 e. The number of aryl methyl sites for hydroxylation is 1. The van der Waals surface area contributed by atoms with Crippen LogP contribution in [0.5, 0.6) is 0 Å². The van der Waals surface area contributed by atoms with E-state index in [0.717, 1.165) is 27.5 Å². The normalized spacial score (nSPS) is 11.2. The maximum Gasteiger partial charge on any atom is 0.250 e. The molecule has 1 heterocycles. The Kier molecular flexibility index (Phi) is 7.30. The Morgan fingerprint density at radius 1 is 1.03 bits per heavy atom. The van der Waals surface area contributed by atoms with Crippen LogP contribution in [0.2, 0.25) is 15.1 Å². The molecule has 0 saturated heterocycles. The molecule has 1 aromatic heterocycles. The zero-order valence-electron chi connectivity index (χ0n) is 15.7. The van der Waals surface area contributed by atoms with Crippen LogP contribution in [0.4, 0.5) is 0 Å². The Morgan fingerprint density at radius 3 is 2.34 bits per heavy atom. The molecule has 0 fully saturated rings. The number of carbonyl (C=O) groups is 1. The van der Waals surface area contributed by atoms with Gasteiger partial charge < -0.3 is 4.57 Å². The van der Waals surface area contributed by atoms with Crippen LogP contribution in [0.3, 0.4) is 0 Å². The predicted molar refractivity (Wildman–Crippen MR) is 123 cm³/mol. The first-order valence-electron chi connectivity index (χ1n) is 8.69. The van der Waals surface area contributed by atoms with E-state index in [1.54, 1.807) is 24.4 Å². The first-order valence-corrected chi connectivity index (χ1v) is 10.8. The Labute approximate surface area is 188 Å². The van der Waals surface area contributed by atoms with Crippen molar-refractivity contribution < 1.29 is 4.79 Å². The molecule has 0 saturated carbocycles. The van der Waals surface area contributed by atoms with E-state index in [1.165, 1.54) is 11.8 Å². The first kappa shape index (κ1) is 21.8. The van der Waals surface area contributed by atoms with Crippen molar-refractivity contribution in [3.63, 3.8) is 0 Å². The summed E-state index contributed by atoms with van der Waals surface area (Å²) in [6, 6.07) is 14.7. The number of aromatic nitrogens is 1. The van der Waals surface area contributed by atoms with Gasteiger partial charge in [-0.1, -0.05) is 34.8 Å². The number of rotatable bonds is 6. The molecular weight excluding hydrogens is 449 g/mol. The maximum atomic E-state index is 12.0. The van der Waals surface area contributed by atoms with E-state index in [1.807, 2.05) is 48.7 Å². The van der Waals surface area contributed by atoms with Crippen LogP contribution in [0.1, 0.15) is 17.0 Å². The molecule has 0 radical (unpaired) electrons. The molecule has 0 unspecified atom stereocenters. The average Bonchev–Trinajstić information content (AvgIpc) is 2.94. The standard InChI is InChI=1S/C21H18Cl3N3OS/c1-13-7-15(14(2)27(13)19-9-17(23)8-18(24)10-19)11-25-26-21(28)12-29-20-5-3-16(22)4-6-20/h3-11H,12H2,1-2H3,(H,26,28)/b25-11-. The number of amides is 1. The van der Waals surface area contributed by atoms with Gasteiger partial charge in [0.2, 0.25) is 5.91 Å². The van der Waals surface area contributed by atoms with Gasteiger partial charge in [-0.25, -0.2) is 5.43 Å². The van der Waals surface area contributed by atoms with Gasteiger partial charge >= 0.3 is 0 Å². The molecule has 4 nitrogen and oxygen atoms in total. The van der Waals surface area contributed by atoms with Gasteiger partial charge in [0.15, 0.2) is 0 Å². The molecule has 0 aliphatic carbocycles. The monoisotopic (exact) mass is 465 g/mol. The van der Waals surface area contributed by atoms with Crippen LogP contribution in [-0.2, 0) is 4.79 Å². The van der Waals surface area contributed by atoms with Crippen LogP contribution in [0.25, 0.3) is 5.69 Å². The second kappa shape index (κ2) is 9.72. The lowest BCUT2D eigenvalue weighted by Gasteiger charge is -2.10. The Bertz CT molecular complexity index is 1040. The van der Waals surface area contributed by atoms with E-state index < -0.39 is 0 Å². The van der Waals surface area contributed by atoms with Gasteiger partial charge in [-0.2, -0.15) is 5.10 Å². The topological polar surface area (TPSA) is 46.4 Å². The molecule has 0 aliphatic rings. The zero-order valence-corrected chi connectivity index (χ0v) is 18.8. The summed E-state index contributed by atoms with van der Waals surface area (Å²) in [6.07, 6.45) is 1.63. The number of halogens is 3. The summed E-state index contributed by atoms with van der Waals surface area (Å²) in [6.45, 7) is 3.96. The fourth-order valence-corrected chi connectivity index (χ4v) is 4.20. The summed E-state index contributed by atoms with van der Waals surface area (Å²) in [5, 5.41) is 5.90. The van der Waals surface area contributed by atoms with Crippen molar-refractivity contribution >= 4 is 58.7 Å². The Morgan fingerprint density at radius 2 is 1.69 bits per heavy atom. The highest BCUT2D eigenvalue weighted by Gasteiger charge is 2.11. The summed E-state index contributed by atoms with van der Waals surface area (Å²) in [4.78, 5) is 13.0. The number of hydrazone groups is 1. The van der Waals surface area contributed by atoms with Gasteiger partial charge in [0.1, 0.15) is 0 Å². The van der Waals surface area contributed by atoms with Crippen molar-refractivity contribution in [1.29, 1.82) is 0 Å². The summed E-state index contributed by atoms with van der Waals surface area (Å²) in [5.74, 6) is 0.0792. The highest BCUT2D eigenvalue weighted by Crippen LogP contribution is 2.26. The number of benzene rings is 2. The molecule has 2 aromatic carbocycles. The van der Waals surface area contributed by atoms with E-state index >= 15 is 0 Å². The molecule has 1 amide bonds. The largest absolute Gasteiger partial charge is 0.318 e.